The van der Waals surface area contributed by atoms with E-state index in [9.17, 15) is 4.79 Å². The zero-order valence-electron chi connectivity index (χ0n) is 11.6. The number of carbonyl (C=O) groups is 1. The van der Waals surface area contributed by atoms with Crippen LogP contribution in [0, 0.1) is 0 Å². The van der Waals surface area contributed by atoms with Crippen LogP contribution in [0.4, 0.5) is 0 Å². The molecule has 3 rings (SSSR count). The van der Waals surface area contributed by atoms with Crippen LogP contribution in [0.2, 0.25) is 0 Å². The first-order valence-electron chi connectivity index (χ1n) is 7.00. The Bertz CT molecular complexity index is 458. The Balaban J connectivity index is 0.00000147. The fourth-order valence-electron chi connectivity index (χ4n) is 2.89. The summed E-state index contributed by atoms with van der Waals surface area (Å²) in [6, 6.07) is 9.18. The molecule has 3 nitrogen and oxygen atoms in total. The molecule has 2 aliphatic heterocycles. The molecule has 0 aliphatic carbocycles. The van der Waals surface area contributed by atoms with Gasteiger partial charge in [0.25, 0.3) is 0 Å². The summed E-state index contributed by atoms with van der Waals surface area (Å²) in [5.74, 6) is 0.209. The van der Waals surface area contributed by atoms with Gasteiger partial charge >= 0.3 is 0 Å². The van der Waals surface area contributed by atoms with Crippen LogP contribution in [-0.2, 0) is 11.2 Å². The molecule has 0 aromatic heterocycles. The van der Waals surface area contributed by atoms with Gasteiger partial charge in [-0.2, -0.15) is 0 Å². The van der Waals surface area contributed by atoms with E-state index >= 15 is 0 Å². The van der Waals surface area contributed by atoms with Gasteiger partial charge in [0.05, 0.1) is 5.25 Å². The van der Waals surface area contributed by atoms with E-state index in [-0.39, 0.29) is 23.6 Å². The minimum atomic E-state index is 0. The summed E-state index contributed by atoms with van der Waals surface area (Å²) in [5.41, 5.74) is 1.31. The second-order valence-corrected chi connectivity index (χ2v) is 6.75. The Morgan fingerprint density at radius 2 is 2.20 bits per heavy atom. The molecule has 0 bridgehead atoms. The Morgan fingerprint density at radius 3 is 2.95 bits per heavy atom. The van der Waals surface area contributed by atoms with E-state index in [1.165, 1.54) is 10.5 Å². The van der Waals surface area contributed by atoms with Crippen LogP contribution in [0.15, 0.2) is 29.2 Å². The van der Waals surface area contributed by atoms with Gasteiger partial charge in [0.15, 0.2) is 0 Å². The number of fused-ring (bicyclic) bond motifs is 1. The van der Waals surface area contributed by atoms with Gasteiger partial charge in [0.1, 0.15) is 0 Å². The number of amides is 1. The molecule has 20 heavy (non-hydrogen) atoms. The lowest BCUT2D eigenvalue weighted by Crippen LogP contribution is -2.48. The summed E-state index contributed by atoms with van der Waals surface area (Å²) < 4.78 is 0. The summed E-state index contributed by atoms with van der Waals surface area (Å²) in [6.45, 7) is 3.18. The van der Waals surface area contributed by atoms with Crippen LogP contribution in [-0.4, -0.2) is 29.8 Å². The number of thioether (sulfide) groups is 1. The average Bonchev–Trinajstić information content (AvgIpc) is 2.82. The average molecular weight is 313 g/mol. The molecule has 1 aromatic rings. The fraction of sp³-hybridized carbons (Fsp3) is 0.533. The van der Waals surface area contributed by atoms with Crippen molar-refractivity contribution in [2.24, 2.45) is 0 Å². The highest BCUT2D eigenvalue weighted by Gasteiger charge is 2.30. The second kappa shape index (κ2) is 6.83. The summed E-state index contributed by atoms with van der Waals surface area (Å²) in [5, 5.41) is 6.70. The lowest BCUT2D eigenvalue weighted by molar-refractivity contribution is -0.121. The maximum Gasteiger partial charge on any atom is 0.234 e. The number of piperidine rings is 1. The van der Waals surface area contributed by atoms with E-state index in [2.05, 4.69) is 29.7 Å². The number of hydrogen-bond acceptors (Lipinski definition) is 3. The molecule has 3 atom stereocenters. The molecule has 1 saturated heterocycles. The van der Waals surface area contributed by atoms with Crippen molar-refractivity contribution in [1.82, 2.24) is 10.6 Å². The quantitative estimate of drug-likeness (QED) is 0.881. The third kappa shape index (κ3) is 3.48. The molecule has 3 unspecified atom stereocenters. The van der Waals surface area contributed by atoms with Crippen LogP contribution >= 0.6 is 24.2 Å². The smallest absolute Gasteiger partial charge is 0.234 e. The number of nitrogens with one attached hydrogen (secondary N) is 2. The number of carbonyl (C=O) groups excluding carboxylic acids is 1. The molecule has 1 amide bonds. The lowest BCUT2D eigenvalue weighted by atomic mass is 10.0. The van der Waals surface area contributed by atoms with Gasteiger partial charge in [0.2, 0.25) is 5.91 Å². The van der Waals surface area contributed by atoms with Gasteiger partial charge in [0, 0.05) is 17.0 Å². The Hall–Kier alpha value is -0.710. The largest absolute Gasteiger partial charge is 0.352 e. The van der Waals surface area contributed by atoms with Gasteiger partial charge in [-0.15, -0.1) is 24.2 Å². The highest BCUT2D eigenvalue weighted by molar-refractivity contribution is 8.01. The van der Waals surface area contributed by atoms with Crippen molar-refractivity contribution in [1.29, 1.82) is 0 Å². The molecule has 1 fully saturated rings. The Morgan fingerprint density at radius 1 is 1.40 bits per heavy atom. The molecule has 0 spiro atoms. The standard InChI is InChI=1S/C15H20N2OS.ClH/c1-10-8-12(6-7-16-10)17-15(18)14-9-11-4-2-3-5-13(11)19-14;/h2-5,10,12,14,16H,6-9H2,1H3,(H,17,18);1H. The van der Waals surface area contributed by atoms with E-state index in [4.69, 9.17) is 0 Å². The normalized spacial score (nSPS) is 28.4. The van der Waals surface area contributed by atoms with Crippen molar-refractivity contribution < 1.29 is 4.79 Å². The van der Waals surface area contributed by atoms with E-state index in [1.54, 1.807) is 11.8 Å². The minimum absolute atomic E-state index is 0. The first kappa shape index (κ1) is 15.7. The zero-order chi connectivity index (χ0) is 13.2. The molecule has 0 saturated carbocycles. The summed E-state index contributed by atoms with van der Waals surface area (Å²) in [7, 11) is 0. The van der Waals surface area contributed by atoms with Crippen molar-refractivity contribution in [2.75, 3.05) is 6.54 Å². The third-order valence-electron chi connectivity index (χ3n) is 3.91. The number of hydrogen-bond donors (Lipinski definition) is 2. The maximum absolute atomic E-state index is 12.3. The van der Waals surface area contributed by atoms with Crippen molar-refractivity contribution in [3.63, 3.8) is 0 Å². The predicted octanol–water partition coefficient (Wildman–Crippen LogP) is 2.38. The molecule has 110 valence electrons. The van der Waals surface area contributed by atoms with Crippen molar-refractivity contribution in [3.8, 4) is 0 Å². The fourth-order valence-corrected chi connectivity index (χ4v) is 4.09. The van der Waals surface area contributed by atoms with Crippen molar-refractivity contribution in [3.05, 3.63) is 29.8 Å². The zero-order valence-corrected chi connectivity index (χ0v) is 13.2. The minimum Gasteiger partial charge on any atom is -0.352 e. The first-order chi connectivity index (χ1) is 9.22. The van der Waals surface area contributed by atoms with E-state index in [0.29, 0.717) is 12.1 Å². The summed E-state index contributed by atoms with van der Waals surface area (Å²) in [4.78, 5) is 13.6. The third-order valence-corrected chi connectivity index (χ3v) is 5.23. The molecular formula is C15H21ClN2OS. The van der Waals surface area contributed by atoms with Gasteiger partial charge in [-0.1, -0.05) is 18.2 Å². The van der Waals surface area contributed by atoms with Crippen LogP contribution in [0.3, 0.4) is 0 Å². The maximum atomic E-state index is 12.3. The second-order valence-electron chi connectivity index (χ2n) is 5.50. The Labute approximate surface area is 130 Å². The highest BCUT2D eigenvalue weighted by atomic mass is 35.5. The van der Waals surface area contributed by atoms with Crippen LogP contribution in [0.25, 0.3) is 0 Å². The van der Waals surface area contributed by atoms with Gasteiger partial charge in [-0.3, -0.25) is 4.79 Å². The van der Waals surface area contributed by atoms with E-state index in [0.717, 1.165) is 25.8 Å². The van der Waals surface area contributed by atoms with Gasteiger partial charge < -0.3 is 10.6 Å². The van der Waals surface area contributed by atoms with Gasteiger partial charge in [-0.05, 0) is 44.4 Å². The number of halogens is 1. The molecule has 2 heterocycles. The molecule has 2 aliphatic rings. The van der Waals surface area contributed by atoms with Crippen LogP contribution in [0.1, 0.15) is 25.3 Å². The van der Waals surface area contributed by atoms with E-state index < -0.39 is 0 Å². The SMILES string of the molecule is CC1CC(NC(=O)C2Cc3ccccc3S2)CCN1.Cl. The number of benzene rings is 1. The van der Waals surface area contributed by atoms with E-state index in [1.807, 2.05) is 12.1 Å². The highest BCUT2D eigenvalue weighted by Crippen LogP contribution is 2.36. The molecule has 0 radical (unpaired) electrons. The monoisotopic (exact) mass is 312 g/mol. The van der Waals surface area contributed by atoms with Crippen LogP contribution in [0.5, 0.6) is 0 Å². The van der Waals surface area contributed by atoms with Crippen molar-refractivity contribution in [2.45, 2.75) is 48.4 Å². The summed E-state index contributed by atoms with van der Waals surface area (Å²) in [6.07, 6.45) is 2.95. The predicted molar refractivity (Wildman–Crippen MR) is 85.7 cm³/mol. The van der Waals surface area contributed by atoms with Crippen LogP contribution < -0.4 is 10.6 Å². The Kier molecular flexibility index (Phi) is 5.35. The molecule has 5 heteroatoms. The lowest BCUT2D eigenvalue weighted by Gasteiger charge is -2.29. The number of rotatable bonds is 2. The van der Waals surface area contributed by atoms with Gasteiger partial charge in [-0.25, -0.2) is 0 Å². The van der Waals surface area contributed by atoms with Crippen molar-refractivity contribution >= 4 is 30.1 Å². The molecule has 1 aromatic carbocycles. The first-order valence-corrected chi connectivity index (χ1v) is 7.88. The molecular weight excluding hydrogens is 292 g/mol. The molecule has 2 N–H and O–H groups in total. The summed E-state index contributed by atoms with van der Waals surface area (Å²) >= 11 is 1.71. The topological polar surface area (TPSA) is 41.1 Å².